The maximum atomic E-state index is 12.4. The molecule has 0 aliphatic carbocycles. The third kappa shape index (κ3) is 2.29. The van der Waals surface area contributed by atoms with Crippen molar-refractivity contribution in [1.29, 1.82) is 0 Å². The fourth-order valence-corrected chi connectivity index (χ4v) is 3.55. The van der Waals surface area contributed by atoms with Crippen LogP contribution < -0.4 is 5.43 Å². The highest BCUT2D eigenvalue weighted by Gasteiger charge is 2.25. The quantitative estimate of drug-likeness (QED) is 0.924. The van der Waals surface area contributed by atoms with E-state index in [4.69, 9.17) is 0 Å². The number of nitrogens with one attached hydrogen (secondary N) is 1. The zero-order valence-electron chi connectivity index (χ0n) is 10.9. The second-order valence-corrected chi connectivity index (χ2v) is 6.02. The van der Waals surface area contributed by atoms with E-state index in [1.807, 2.05) is 0 Å². The molecule has 1 N–H and O–H groups in total. The van der Waals surface area contributed by atoms with E-state index >= 15 is 0 Å². The van der Waals surface area contributed by atoms with Crippen LogP contribution in [0, 0.1) is 0 Å². The first-order valence-corrected chi connectivity index (χ1v) is 7.57. The number of hydrogen-bond acceptors (Lipinski definition) is 3. The summed E-state index contributed by atoms with van der Waals surface area (Å²) in [5.41, 5.74) is 0.173. The first-order chi connectivity index (χ1) is 9.02. The van der Waals surface area contributed by atoms with Gasteiger partial charge in [-0.15, -0.1) is 0 Å². The first-order valence-electron chi connectivity index (χ1n) is 6.13. The fourth-order valence-electron chi connectivity index (χ4n) is 2.04. The molecule has 0 bridgehead atoms. The van der Waals surface area contributed by atoms with E-state index in [1.54, 1.807) is 38.1 Å². The van der Waals surface area contributed by atoms with Gasteiger partial charge in [0.25, 0.3) is 0 Å². The molecule has 0 aliphatic heterocycles. The minimum absolute atomic E-state index is 0.199. The Morgan fingerprint density at radius 1 is 1.16 bits per heavy atom. The third-order valence-electron chi connectivity index (χ3n) is 3.08. The van der Waals surface area contributed by atoms with Crippen LogP contribution >= 0.6 is 0 Å². The van der Waals surface area contributed by atoms with Crippen molar-refractivity contribution in [1.82, 2.24) is 9.29 Å². The molecule has 1 heterocycles. The summed E-state index contributed by atoms with van der Waals surface area (Å²) >= 11 is 0. The summed E-state index contributed by atoms with van der Waals surface area (Å²) in [6.45, 7) is 4.17. The normalized spacial score (nSPS) is 12.2. The molecule has 0 saturated carbocycles. The standard InChI is InChI=1S/C13H16N2O3S/c1-3-15(4-2)19(17,18)12-9-14-11-8-6-5-7-10(11)13(12)16/h5-9H,3-4H2,1-2H3,(H,14,16). The maximum Gasteiger partial charge on any atom is 0.248 e. The van der Waals surface area contributed by atoms with Gasteiger partial charge in [0.15, 0.2) is 0 Å². The summed E-state index contributed by atoms with van der Waals surface area (Å²) in [5, 5.41) is 0.385. The van der Waals surface area contributed by atoms with Gasteiger partial charge in [0.05, 0.1) is 0 Å². The minimum atomic E-state index is -3.73. The molecule has 6 heteroatoms. The van der Waals surface area contributed by atoms with Crippen molar-refractivity contribution in [2.24, 2.45) is 0 Å². The number of hydrogen-bond donors (Lipinski definition) is 1. The van der Waals surface area contributed by atoms with E-state index in [1.165, 1.54) is 10.5 Å². The van der Waals surface area contributed by atoms with E-state index < -0.39 is 15.5 Å². The molecule has 2 rings (SSSR count). The Labute approximate surface area is 111 Å². The van der Waals surface area contributed by atoms with Crippen LogP contribution in [0.15, 0.2) is 40.2 Å². The monoisotopic (exact) mass is 280 g/mol. The molecule has 0 aliphatic rings. The van der Waals surface area contributed by atoms with Gasteiger partial charge in [-0.05, 0) is 12.1 Å². The average Bonchev–Trinajstić information content (AvgIpc) is 2.40. The Morgan fingerprint density at radius 3 is 2.42 bits per heavy atom. The number of aromatic nitrogens is 1. The summed E-state index contributed by atoms with van der Waals surface area (Å²) in [5.74, 6) is 0. The Morgan fingerprint density at radius 2 is 1.79 bits per heavy atom. The SMILES string of the molecule is CCN(CC)S(=O)(=O)c1c[nH]c2ccccc2c1=O. The predicted molar refractivity (Wildman–Crippen MR) is 74.7 cm³/mol. The van der Waals surface area contributed by atoms with Crippen molar-refractivity contribution in [2.45, 2.75) is 18.7 Å². The minimum Gasteiger partial charge on any atom is -0.360 e. The van der Waals surface area contributed by atoms with Gasteiger partial charge < -0.3 is 4.98 Å². The van der Waals surface area contributed by atoms with Crippen LogP contribution in [-0.2, 0) is 10.0 Å². The van der Waals surface area contributed by atoms with Crippen LogP contribution in [0.5, 0.6) is 0 Å². The average molecular weight is 280 g/mol. The van der Waals surface area contributed by atoms with E-state index in [-0.39, 0.29) is 4.90 Å². The number of aromatic amines is 1. The Kier molecular flexibility index (Phi) is 3.73. The van der Waals surface area contributed by atoms with Gasteiger partial charge in [-0.25, -0.2) is 8.42 Å². The highest BCUT2D eigenvalue weighted by atomic mass is 32.2. The van der Waals surface area contributed by atoms with Gasteiger partial charge in [0.1, 0.15) is 4.90 Å². The number of pyridine rings is 1. The van der Waals surface area contributed by atoms with Crippen molar-refractivity contribution in [2.75, 3.05) is 13.1 Å². The van der Waals surface area contributed by atoms with Gasteiger partial charge >= 0.3 is 0 Å². The summed E-state index contributed by atoms with van der Waals surface area (Å²) in [7, 11) is -3.73. The molecule has 0 amide bonds. The number of para-hydroxylation sites is 1. The molecular weight excluding hydrogens is 264 g/mol. The lowest BCUT2D eigenvalue weighted by Gasteiger charge is -2.17. The summed E-state index contributed by atoms with van der Waals surface area (Å²) in [6, 6.07) is 6.86. The maximum absolute atomic E-state index is 12.4. The van der Waals surface area contributed by atoms with E-state index in [0.29, 0.717) is 24.0 Å². The van der Waals surface area contributed by atoms with Crippen LogP contribution in [0.1, 0.15) is 13.8 Å². The Balaban J connectivity index is 2.71. The highest BCUT2D eigenvalue weighted by molar-refractivity contribution is 7.89. The second-order valence-electron chi connectivity index (χ2n) is 4.12. The molecule has 1 aromatic heterocycles. The number of benzene rings is 1. The van der Waals surface area contributed by atoms with Crippen LogP contribution in [0.3, 0.4) is 0 Å². The number of H-pyrrole nitrogens is 1. The van der Waals surface area contributed by atoms with Crippen molar-refractivity contribution in [3.8, 4) is 0 Å². The zero-order chi connectivity index (χ0) is 14.0. The molecule has 102 valence electrons. The highest BCUT2D eigenvalue weighted by Crippen LogP contribution is 2.14. The smallest absolute Gasteiger partial charge is 0.248 e. The molecule has 2 aromatic rings. The van der Waals surface area contributed by atoms with Crippen molar-refractivity contribution in [3.05, 3.63) is 40.7 Å². The topological polar surface area (TPSA) is 70.2 Å². The molecule has 0 unspecified atom stereocenters. The molecule has 0 fully saturated rings. The van der Waals surface area contributed by atoms with Crippen LogP contribution in [0.25, 0.3) is 10.9 Å². The van der Waals surface area contributed by atoms with Gasteiger partial charge in [0, 0.05) is 30.2 Å². The number of fused-ring (bicyclic) bond motifs is 1. The first kappa shape index (κ1) is 13.8. The van der Waals surface area contributed by atoms with Gasteiger partial charge in [-0.1, -0.05) is 26.0 Å². The Bertz CT molecular complexity index is 746. The van der Waals surface area contributed by atoms with Crippen molar-refractivity contribution in [3.63, 3.8) is 0 Å². The molecule has 0 spiro atoms. The van der Waals surface area contributed by atoms with Gasteiger partial charge in [-0.3, -0.25) is 4.79 Å². The van der Waals surface area contributed by atoms with Crippen LogP contribution in [0.4, 0.5) is 0 Å². The van der Waals surface area contributed by atoms with Crippen LogP contribution in [-0.4, -0.2) is 30.8 Å². The van der Waals surface area contributed by atoms with Crippen LogP contribution in [0.2, 0.25) is 0 Å². The van der Waals surface area contributed by atoms with E-state index in [2.05, 4.69) is 4.98 Å². The molecule has 19 heavy (non-hydrogen) atoms. The largest absolute Gasteiger partial charge is 0.360 e. The third-order valence-corrected chi connectivity index (χ3v) is 5.13. The number of sulfonamides is 1. The molecular formula is C13H16N2O3S. The van der Waals surface area contributed by atoms with Gasteiger partial charge in [-0.2, -0.15) is 4.31 Å². The summed E-state index contributed by atoms with van der Waals surface area (Å²) in [6.07, 6.45) is 1.28. The second kappa shape index (κ2) is 5.14. The number of rotatable bonds is 4. The molecule has 1 aromatic carbocycles. The number of nitrogens with zero attached hydrogens (tertiary/aromatic N) is 1. The van der Waals surface area contributed by atoms with E-state index in [9.17, 15) is 13.2 Å². The molecule has 0 atom stereocenters. The predicted octanol–water partition coefficient (Wildman–Crippen LogP) is 1.56. The molecule has 0 saturated heterocycles. The van der Waals surface area contributed by atoms with Gasteiger partial charge in [0.2, 0.25) is 15.5 Å². The lowest BCUT2D eigenvalue weighted by atomic mass is 10.2. The lowest BCUT2D eigenvalue weighted by Crippen LogP contribution is -2.33. The van der Waals surface area contributed by atoms with Crippen molar-refractivity contribution < 1.29 is 8.42 Å². The summed E-state index contributed by atoms with van der Waals surface area (Å²) < 4.78 is 26.0. The summed E-state index contributed by atoms with van der Waals surface area (Å²) in [4.78, 5) is 14.9. The lowest BCUT2D eigenvalue weighted by molar-refractivity contribution is 0.444. The fraction of sp³-hybridized carbons (Fsp3) is 0.308. The Hall–Kier alpha value is -1.66. The van der Waals surface area contributed by atoms with Crippen molar-refractivity contribution >= 4 is 20.9 Å². The van der Waals surface area contributed by atoms with E-state index in [0.717, 1.165) is 0 Å². The zero-order valence-corrected chi connectivity index (χ0v) is 11.7. The molecule has 0 radical (unpaired) electrons. The molecule has 5 nitrogen and oxygen atoms in total.